The summed E-state index contributed by atoms with van der Waals surface area (Å²) in [5.41, 5.74) is 0. The molecule has 0 rings (SSSR count). The molecule has 0 radical (unpaired) electrons. The summed E-state index contributed by atoms with van der Waals surface area (Å²) in [5, 5.41) is 0. The van der Waals surface area contributed by atoms with Crippen LogP contribution in [0.25, 0.3) is 0 Å². The van der Waals surface area contributed by atoms with Crippen LogP contribution >= 0.6 is 0 Å². The molecular weight excluding hydrogens is 230 g/mol. The van der Waals surface area contributed by atoms with E-state index in [0.29, 0.717) is 0 Å². The second-order valence-corrected chi connectivity index (χ2v) is 1.07. The second kappa shape index (κ2) is 5.31. The van der Waals surface area contributed by atoms with Crippen molar-refractivity contribution < 1.29 is 46.1 Å². The first-order valence-electron chi connectivity index (χ1n) is 1.76. The molecule has 0 aromatic rings. The van der Waals surface area contributed by atoms with E-state index in [1.807, 2.05) is 0 Å². The Hall–Kier alpha value is -0.361. The van der Waals surface area contributed by atoms with Crippen molar-refractivity contribution in [2.45, 2.75) is 6.18 Å². The Morgan fingerprint density at radius 3 is 1.27 bits per heavy atom. The molecule has 0 heterocycles. The molecule has 0 aromatic carbocycles. The number of halogens is 6. The molecule has 71 valence electrons. The molecule has 0 aliphatic carbocycles. The summed E-state index contributed by atoms with van der Waals surface area (Å²) < 4.78 is 72.6. The average molecular weight is 230 g/mol. The normalized spacial score (nSPS) is 9.82. The second-order valence-electron chi connectivity index (χ2n) is 1.07. The van der Waals surface area contributed by atoms with Gasteiger partial charge in [-0.3, -0.25) is 0 Å². The molecule has 0 aliphatic rings. The Kier molecular flexibility index (Phi) is 6.39. The van der Waals surface area contributed by atoms with E-state index in [9.17, 15) is 26.3 Å². The summed E-state index contributed by atoms with van der Waals surface area (Å²) in [7, 11) is 0. The van der Waals surface area contributed by atoms with Crippen LogP contribution in [-0.2, 0) is 19.8 Å². The first-order chi connectivity index (χ1) is 4.85. The summed E-state index contributed by atoms with van der Waals surface area (Å²) in [6.07, 6.45) is -8.90. The Bertz CT molecular complexity index is 146. The van der Waals surface area contributed by atoms with E-state index in [-0.39, 0.29) is 0 Å². The zero-order chi connectivity index (χ0) is 9.65. The summed E-state index contributed by atoms with van der Waals surface area (Å²) in [6, 6.07) is 0. The van der Waals surface area contributed by atoms with E-state index in [0.717, 1.165) is 0 Å². The van der Waals surface area contributed by atoms with Crippen LogP contribution in [0.2, 0.25) is 0 Å². The minimum absolute atomic E-state index is 2.94. The molecule has 0 bridgehead atoms. The number of rotatable bonds is 0. The minimum atomic E-state index is -5.56. The summed E-state index contributed by atoms with van der Waals surface area (Å²) in [4.78, 5) is 0. The van der Waals surface area contributed by atoms with Crippen LogP contribution in [-0.4, -0.2) is 6.18 Å². The molecule has 0 spiro atoms. The Morgan fingerprint density at radius 2 is 1.27 bits per heavy atom. The molecule has 0 unspecified atom stereocenters. The Balaban J connectivity index is 0. The van der Waals surface area contributed by atoms with E-state index >= 15 is 0 Å². The first kappa shape index (κ1) is 13.2. The molecule has 0 fully saturated rings. The predicted octanol–water partition coefficient (Wildman–Crippen LogP) is 2.51. The molecule has 0 aromatic heterocycles. The molecule has 0 amide bonds. The van der Waals surface area contributed by atoms with Gasteiger partial charge in [-0.2, -0.15) is 26.3 Å². The van der Waals surface area contributed by atoms with Crippen molar-refractivity contribution in [2.24, 2.45) is 0 Å². The van der Waals surface area contributed by atoms with E-state index < -0.39 is 18.1 Å². The van der Waals surface area contributed by atoms with Gasteiger partial charge in [-0.1, -0.05) is 0 Å². The van der Waals surface area contributed by atoms with Crippen molar-refractivity contribution >= 4 is 0 Å². The van der Waals surface area contributed by atoms with E-state index in [2.05, 4.69) is 15.9 Å². The molecule has 0 saturated heterocycles. The van der Waals surface area contributed by atoms with E-state index in [1.165, 1.54) is 0 Å². The topological polar surface area (TPSA) is 17.1 Å². The molecule has 11 heavy (non-hydrogen) atoms. The van der Waals surface area contributed by atoms with E-state index in [4.69, 9.17) is 3.83 Å². The van der Waals surface area contributed by atoms with E-state index in [1.54, 1.807) is 0 Å². The van der Waals surface area contributed by atoms with Gasteiger partial charge in [-0.05, 0) is 0 Å². The van der Waals surface area contributed by atoms with Gasteiger partial charge in [0.15, 0.2) is 0 Å². The van der Waals surface area contributed by atoms with Crippen LogP contribution in [0.3, 0.4) is 0 Å². The van der Waals surface area contributed by atoms with Crippen LogP contribution in [0.4, 0.5) is 26.3 Å². The number of allylic oxidation sites excluding steroid dienone is 1. The van der Waals surface area contributed by atoms with Crippen LogP contribution in [0.1, 0.15) is 0 Å². The Labute approximate surface area is 65.1 Å². The maximum atomic E-state index is 11.0. The molecule has 1 nitrogen and oxygen atoms in total. The molecule has 8 heteroatoms. The average Bonchev–Trinajstić information content (AvgIpc) is 1.89. The van der Waals surface area contributed by atoms with Gasteiger partial charge in [0, 0.05) is 0 Å². The van der Waals surface area contributed by atoms with Crippen LogP contribution < -0.4 is 0 Å². The van der Waals surface area contributed by atoms with Gasteiger partial charge in [0.1, 0.15) is 0 Å². The standard InChI is InChI=1S/C3F6.Cu.O/c4-1(2(5)6)3(7,8)9;;. The van der Waals surface area contributed by atoms with Crippen molar-refractivity contribution in [1.29, 1.82) is 0 Å². The summed E-state index contributed by atoms with van der Waals surface area (Å²) >= 11 is 2.94. The van der Waals surface area contributed by atoms with Crippen molar-refractivity contribution in [3.8, 4) is 0 Å². The van der Waals surface area contributed by atoms with Crippen LogP contribution in [0, 0.1) is 0 Å². The fraction of sp³-hybridized carbons (Fsp3) is 0.333. The fourth-order valence-electron chi connectivity index (χ4n) is 0.107. The van der Waals surface area contributed by atoms with Crippen LogP contribution in [0.15, 0.2) is 11.9 Å². The molecular formula is C3CuF6O. The Morgan fingerprint density at radius 1 is 1.00 bits per heavy atom. The zero-order valence-electron chi connectivity index (χ0n) is 4.48. The van der Waals surface area contributed by atoms with Gasteiger partial charge in [0.25, 0.3) is 5.83 Å². The van der Waals surface area contributed by atoms with Gasteiger partial charge < -0.3 is 0 Å². The SMILES string of the molecule is FC(F)=C(F)C(F)(F)F.[O]=[Cu]. The number of hydrogen-bond acceptors (Lipinski definition) is 1. The summed E-state index contributed by atoms with van der Waals surface area (Å²) in [6.45, 7) is 0. The fourth-order valence-corrected chi connectivity index (χ4v) is 0.107. The number of hydrogen-bond donors (Lipinski definition) is 0. The molecule has 0 N–H and O–H groups in total. The third-order valence-electron chi connectivity index (χ3n) is 0.415. The predicted molar refractivity (Wildman–Crippen MR) is 17.1 cm³/mol. The monoisotopic (exact) mass is 229 g/mol. The van der Waals surface area contributed by atoms with Crippen molar-refractivity contribution in [3.05, 3.63) is 11.9 Å². The third kappa shape index (κ3) is 6.05. The van der Waals surface area contributed by atoms with Crippen molar-refractivity contribution in [2.75, 3.05) is 0 Å². The van der Waals surface area contributed by atoms with Gasteiger partial charge in [-0.15, -0.1) is 0 Å². The molecule has 0 atom stereocenters. The number of alkyl halides is 3. The zero-order valence-corrected chi connectivity index (χ0v) is 5.42. The summed E-state index contributed by atoms with van der Waals surface area (Å²) in [5.74, 6) is -3.33. The maximum absolute atomic E-state index is 11.0. The van der Waals surface area contributed by atoms with Gasteiger partial charge in [-0.25, -0.2) is 0 Å². The first-order valence-corrected chi connectivity index (χ1v) is 2.14. The van der Waals surface area contributed by atoms with Gasteiger partial charge in [0.05, 0.1) is 0 Å². The third-order valence-corrected chi connectivity index (χ3v) is 0.415. The molecule has 0 aliphatic heterocycles. The van der Waals surface area contributed by atoms with Gasteiger partial charge in [0.2, 0.25) is 0 Å². The van der Waals surface area contributed by atoms with Gasteiger partial charge >= 0.3 is 32.0 Å². The van der Waals surface area contributed by atoms with Crippen molar-refractivity contribution in [1.82, 2.24) is 0 Å². The molecule has 0 saturated carbocycles. The quantitative estimate of drug-likeness (QED) is 0.461. The van der Waals surface area contributed by atoms with Crippen molar-refractivity contribution in [3.63, 3.8) is 0 Å². The van der Waals surface area contributed by atoms with Crippen LogP contribution in [0.5, 0.6) is 0 Å².